The average Bonchev–Trinajstić information content (AvgIpc) is 3.34. The second-order valence-corrected chi connectivity index (χ2v) is 11.3. The number of aliphatic carboxylic acids is 1. The van der Waals surface area contributed by atoms with E-state index in [4.69, 9.17) is 9.47 Å². The lowest BCUT2D eigenvalue weighted by Gasteiger charge is -2.29. The van der Waals surface area contributed by atoms with E-state index in [2.05, 4.69) is 34.9 Å². The minimum Gasteiger partial charge on any atom is -0.480 e. The number of rotatable bonds is 11. The third-order valence-electron chi connectivity index (χ3n) is 8.49. The van der Waals surface area contributed by atoms with Crippen LogP contribution in [0.4, 0.5) is 4.79 Å². The molecule has 3 aromatic carbocycles. The molecule has 220 valence electrons. The third-order valence-corrected chi connectivity index (χ3v) is 8.49. The molecular formula is C34H38N2O6. The Kier molecular flexibility index (Phi) is 9.54. The van der Waals surface area contributed by atoms with Crippen LogP contribution in [0.1, 0.15) is 55.2 Å². The number of amides is 2. The summed E-state index contributed by atoms with van der Waals surface area (Å²) in [6, 6.07) is 24.8. The van der Waals surface area contributed by atoms with E-state index in [1.54, 1.807) is 6.92 Å². The Morgan fingerprint density at radius 2 is 1.45 bits per heavy atom. The van der Waals surface area contributed by atoms with Crippen LogP contribution in [0.3, 0.4) is 0 Å². The summed E-state index contributed by atoms with van der Waals surface area (Å²) in [5.74, 6) is -1.40. The van der Waals surface area contributed by atoms with Crippen molar-refractivity contribution < 1.29 is 29.0 Å². The van der Waals surface area contributed by atoms with Crippen LogP contribution in [0.5, 0.6) is 0 Å². The van der Waals surface area contributed by atoms with Crippen molar-refractivity contribution in [3.05, 3.63) is 95.6 Å². The van der Waals surface area contributed by atoms with Gasteiger partial charge in [-0.25, -0.2) is 9.59 Å². The van der Waals surface area contributed by atoms with Gasteiger partial charge in [0, 0.05) is 18.4 Å². The van der Waals surface area contributed by atoms with Crippen molar-refractivity contribution >= 4 is 18.0 Å². The van der Waals surface area contributed by atoms with Crippen LogP contribution in [0.15, 0.2) is 78.9 Å². The lowest BCUT2D eigenvalue weighted by atomic mass is 9.81. The summed E-state index contributed by atoms with van der Waals surface area (Å²) >= 11 is 0. The number of hydrogen-bond acceptors (Lipinski definition) is 5. The Morgan fingerprint density at radius 1 is 0.857 bits per heavy atom. The zero-order valence-electron chi connectivity index (χ0n) is 23.8. The van der Waals surface area contributed by atoms with Gasteiger partial charge in [0.2, 0.25) is 5.91 Å². The molecule has 2 unspecified atom stereocenters. The van der Waals surface area contributed by atoms with Gasteiger partial charge in [0.1, 0.15) is 6.61 Å². The molecule has 0 spiro atoms. The Morgan fingerprint density at radius 3 is 2.07 bits per heavy atom. The molecule has 5 rings (SSSR count). The highest BCUT2D eigenvalue weighted by Crippen LogP contribution is 2.44. The van der Waals surface area contributed by atoms with Gasteiger partial charge < -0.3 is 25.2 Å². The number of alkyl carbamates (subject to hydrolysis) is 1. The Bertz CT molecular complexity index is 1340. The van der Waals surface area contributed by atoms with E-state index in [1.165, 1.54) is 22.3 Å². The number of fused-ring (bicyclic) bond motifs is 3. The number of carbonyl (C=O) groups is 3. The van der Waals surface area contributed by atoms with Crippen LogP contribution in [0.25, 0.3) is 11.1 Å². The minimum absolute atomic E-state index is 0.0122. The summed E-state index contributed by atoms with van der Waals surface area (Å²) in [5.41, 5.74) is 5.65. The summed E-state index contributed by atoms with van der Waals surface area (Å²) in [6.45, 7) is 2.68. The van der Waals surface area contributed by atoms with Crippen molar-refractivity contribution in [1.29, 1.82) is 0 Å². The lowest BCUT2D eigenvalue weighted by molar-refractivity contribution is -0.147. The van der Waals surface area contributed by atoms with Gasteiger partial charge in [-0.3, -0.25) is 4.79 Å². The molecule has 0 saturated heterocycles. The van der Waals surface area contributed by atoms with Crippen LogP contribution in [-0.2, 0) is 25.7 Å². The smallest absolute Gasteiger partial charge is 0.407 e. The molecule has 3 aromatic rings. The fourth-order valence-corrected chi connectivity index (χ4v) is 6.05. The maximum atomic E-state index is 12.9. The Labute approximate surface area is 246 Å². The maximum Gasteiger partial charge on any atom is 0.407 e. The quantitative estimate of drug-likeness (QED) is 0.280. The summed E-state index contributed by atoms with van der Waals surface area (Å²) in [7, 11) is 0. The third kappa shape index (κ3) is 6.99. The van der Waals surface area contributed by atoms with E-state index in [0.717, 1.165) is 18.4 Å². The van der Waals surface area contributed by atoms with Gasteiger partial charge in [-0.05, 0) is 66.3 Å². The number of ether oxygens (including phenoxy) is 2. The molecule has 0 aliphatic heterocycles. The maximum absolute atomic E-state index is 12.9. The first-order valence-corrected chi connectivity index (χ1v) is 14.7. The van der Waals surface area contributed by atoms with E-state index in [9.17, 15) is 19.5 Å². The number of benzene rings is 3. The molecule has 1 fully saturated rings. The van der Waals surface area contributed by atoms with Crippen LogP contribution in [-0.4, -0.2) is 48.4 Å². The first-order chi connectivity index (χ1) is 20.4. The van der Waals surface area contributed by atoms with Crippen LogP contribution < -0.4 is 10.6 Å². The van der Waals surface area contributed by atoms with Gasteiger partial charge in [0.25, 0.3) is 0 Å². The van der Waals surface area contributed by atoms with Crippen LogP contribution in [0.2, 0.25) is 0 Å². The summed E-state index contributed by atoms with van der Waals surface area (Å²) in [6.07, 6.45) is 1.66. The molecule has 3 N–H and O–H groups in total. The van der Waals surface area contributed by atoms with Crippen molar-refractivity contribution in [2.45, 2.75) is 57.3 Å². The number of nitrogens with one attached hydrogen (secondary N) is 2. The van der Waals surface area contributed by atoms with Crippen LogP contribution >= 0.6 is 0 Å². The van der Waals surface area contributed by atoms with E-state index in [-0.39, 0.29) is 36.9 Å². The summed E-state index contributed by atoms with van der Waals surface area (Å²) in [4.78, 5) is 37.4. The molecule has 8 nitrogen and oxygen atoms in total. The highest BCUT2D eigenvalue weighted by atomic mass is 16.5. The Balaban J connectivity index is 1.04. The SMILES string of the molecule is CC(OCc1ccccc1)C(NC(=O)C1CCC(CNC(=O)OCC2c3ccccc3-c3ccccc32)CC1)C(=O)O. The molecule has 2 aliphatic rings. The molecule has 1 saturated carbocycles. The topological polar surface area (TPSA) is 114 Å². The number of carboxylic acids is 1. The van der Waals surface area contributed by atoms with Crippen molar-refractivity contribution in [2.75, 3.05) is 13.2 Å². The molecule has 42 heavy (non-hydrogen) atoms. The van der Waals surface area contributed by atoms with Gasteiger partial charge in [-0.2, -0.15) is 0 Å². The van der Waals surface area contributed by atoms with Gasteiger partial charge in [0.05, 0.1) is 12.7 Å². The zero-order valence-corrected chi connectivity index (χ0v) is 23.8. The van der Waals surface area contributed by atoms with Gasteiger partial charge in [-0.15, -0.1) is 0 Å². The summed E-state index contributed by atoms with van der Waals surface area (Å²) < 4.78 is 11.4. The number of hydrogen-bond donors (Lipinski definition) is 3. The lowest BCUT2D eigenvalue weighted by Crippen LogP contribution is -2.50. The van der Waals surface area contributed by atoms with Crippen molar-refractivity contribution in [2.24, 2.45) is 11.8 Å². The highest BCUT2D eigenvalue weighted by Gasteiger charge is 2.33. The van der Waals surface area contributed by atoms with Crippen molar-refractivity contribution in [1.82, 2.24) is 10.6 Å². The predicted molar refractivity (Wildman–Crippen MR) is 159 cm³/mol. The summed E-state index contributed by atoms with van der Waals surface area (Å²) in [5, 5.41) is 15.3. The second kappa shape index (κ2) is 13.7. The molecule has 2 atom stereocenters. The molecule has 0 radical (unpaired) electrons. The second-order valence-electron chi connectivity index (χ2n) is 11.3. The minimum atomic E-state index is -1.13. The first kappa shape index (κ1) is 29.3. The standard InChI is InChI=1S/C34H38N2O6/c1-22(41-20-24-9-3-2-4-10-24)31(33(38)39)36-32(37)25-17-15-23(16-18-25)19-35-34(40)42-21-30-28-13-7-5-11-26(28)27-12-6-8-14-29(27)30/h2-14,22-23,25,30-31H,15-21H2,1H3,(H,35,40)(H,36,37)(H,38,39). The molecule has 2 aliphatic carbocycles. The first-order valence-electron chi connectivity index (χ1n) is 14.7. The fraction of sp³-hybridized carbons (Fsp3) is 0.382. The van der Waals surface area contributed by atoms with Gasteiger partial charge >= 0.3 is 12.1 Å². The van der Waals surface area contributed by atoms with E-state index in [1.807, 2.05) is 54.6 Å². The van der Waals surface area contributed by atoms with E-state index < -0.39 is 24.2 Å². The zero-order chi connectivity index (χ0) is 29.5. The number of carbonyl (C=O) groups excluding carboxylic acids is 2. The van der Waals surface area contributed by atoms with E-state index >= 15 is 0 Å². The normalized spacial score (nSPS) is 19.2. The van der Waals surface area contributed by atoms with Crippen LogP contribution in [0, 0.1) is 11.8 Å². The molecule has 0 bridgehead atoms. The number of carboxylic acid groups (broad SMARTS) is 1. The molecule has 8 heteroatoms. The largest absolute Gasteiger partial charge is 0.480 e. The highest BCUT2D eigenvalue weighted by molar-refractivity contribution is 5.85. The van der Waals surface area contributed by atoms with Gasteiger partial charge in [-0.1, -0.05) is 78.9 Å². The van der Waals surface area contributed by atoms with Gasteiger partial charge in [0.15, 0.2) is 6.04 Å². The Hall–Kier alpha value is -4.17. The molecule has 0 heterocycles. The molecule has 2 amide bonds. The average molecular weight is 571 g/mol. The fourth-order valence-electron chi connectivity index (χ4n) is 6.05. The molecular weight excluding hydrogens is 532 g/mol. The molecule has 0 aromatic heterocycles. The van der Waals surface area contributed by atoms with E-state index in [0.29, 0.717) is 19.4 Å². The monoisotopic (exact) mass is 570 g/mol. The predicted octanol–water partition coefficient (Wildman–Crippen LogP) is 5.51. The van der Waals surface area contributed by atoms with Crippen molar-refractivity contribution in [3.8, 4) is 11.1 Å². The van der Waals surface area contributed by atoms with Crippen molar-refractivity contribution in [3.63, 3.8) is 0 Å².